The van der Waals surface area contributed by atoms with Crippen molar-refractivity contribution in [3.8, 4) is 5.75 Å². The molecule has 0 saturated carbocycles. The van der Waals surface area contributed by atoms with Crippen LogP contribution < -0.4 is 4.74 Å². The van der Waals surface area contributed by atoms with Crippen molar-refractivity contribution in [3.05, 3.63) is 56.8 Å². The molecule has 1 heterocycles. The Morgan fingerprint density at radius 3 is 2.76 bits per heavy atom. The lowest BCUT2D eigenvalue weighted by atomic mass is 10.3. The molecule has 2 aromatic rings. The molecule has 0 unspecified atom stereocenters. The smallest absolute Gasteiger partial charge is 0.353 e. The zero-order valence-electron chi connectivity index (χ0n) is 8.53. The Bertz CT molecular complexity index is 550. The van der Waals surface area contributed by atoms with Gasteiger partial charge in [-0.1, -0.05) is 12.1 Å². The molecule has 17 heavy (non-hydrogen) atoms. The molecule has 0 aliphatic carbocycles. The molecule has 0 saturated heterocycles. The third-order valence-corrected chi connectivity index (χ3v) is 2.81. The molecule has 0 spiro atoms. The van der Waals surface area contributed by atoms with Crippen LogP contribution in [0.1, 0.15) is 9.67 Å². The molecule has 1 aromatic carbocycles. The first-order valence-electron chi connectivity index (χ1n) is 4.67. The average Bonchev–Trinajstić information content (AvgIpc) is 2.82. The van der Waals surface area contributed by atoms with Gasteiger partial charge >= 0.3 is 5.97 Å². The summed E-state index contributed by atoms with van der Waals surface area (Å²) in [4.78, 5) is 22.0. The van der Waals surface area contributed by atoms with Crippen LogP contribution in [-0.2, 0) is 0 Å². The highest BCUT2D eigenvalue weighted by atomic mass is 32.1. The van der Waals surface area contributed by atoms with Gasteiger partial charge in [0.15, 0.2) is 0 Å². The second-order valence-electron chi connectivity index (χ2n) is 3.12. The van der Waals surface area contributed by atoms with Gasteiger partial charge in [-0.05, 0) is 17.5 Å². The van der Waals surface area contributed by atoms with E-state index in [0.717, 1.165) is 0 Å². The van der Waals surface area contributed by atoms with Crippen LogP contribution in [0.3, 0.4) is 0 Å². The maximum absolute atomic E-state index is 11.6. The van der Waals surface area contributed by atoms with E-state index in [-0.39, 0.29) is 11.4 Å². The Hall–Kier alpha value is -2.21. The first-order chi connectivity index (χ1) is 8.16. The number of hydrogen-bond acceptors (Lipinski definition) is 5. The standard InChI is InChI=1S/C11H7NO4S/c13-11(10-5-2-6-17-10)16-9-4-1-3-8(7-9)12(14)15/h1-7H. The second kappa shape index (κ2) is 4.75. The monoisotopic (exact) mass is 249 g/mol. The summed E-state index contributed by atoms with van der Waals surface area (Å²) in [7, 11) is 0. The summed E-state index contributed by atoms with van der Waals surface area (Å²) in [5.41, 5.74) is -0.110. The SMILES string of the molecule is O=C(Oc1cccc([N+](=O)[O-])c1)c1cccs1. The number of ether oxygens (including phenoxy) is 1. The molecule has 86 valence electrons. The minimum atomic E-state index is -0.539. The van der Waals surface area contributed by atoms with E-state index in [1.165, 1.54) is 35.6 Å². The van der Waals surface area contributed by atoms with E-state index in [4.69, 9.17) is 4.74 Å². The van der Waals surface area contributed by atoms with Gasteiger partial charge in [-0.15, -0.1) is 11.3 Å². The molecule has 0 N–H and O–H groups in total. The molecule has 1 aromatic heterocycles. The summed E-state index contributed by atoms with van der Waals surface area (Å²) in [5, 5.41) is 12.3. The van der Waals surface area contributed by atoms with Crippen LogP contribution in [0.15, 0.2) is 41.8 Å². The molecular weight excluding hydrogens is 242 g/mol. The lowest BCUT2D eigenvalue weighted by molar-refractivity contribution is -0.384. The normalized spacial score (nSPS) is 9.88. The fraction of sp³-hybridized carbons (Fsp3) is 0. The van der Waals surface area contributed by atoms with Crippen molar-refractivity contribution in [1.82, 2.24) is 0 Å². The topological polar surface area (TPSA) is 69.4 Å². The number of benzene rings is 1. The molecule has 2 rings (SSSR count). The third kappa shape index (κ3) is 2.67. The van der Waals surface area contributed by atoms with Gasteiger partial charge in [-0.3, -0.25) is 10.1 Å². The minimum Gasteiger partial charge on any atom is -0.422 e. The lowest BCUT2D eigenvalue weighted by Gasteiger charge is -2.01. The molecule has 0 radical (unpaired) electrons. The average molecular weight is 249 g/mol. The van der Waals surface area contributed by atoms with Crippen LogP contribution in [0.2, 0.25) is 0 Å². The van der Waals surface area contributed by atoms with Crippen molar-refractivity contribution in [2.24, 2.45) is 0 Å². The maximum Gasteiger partial charge on any atom is 0.353 e. The molecule has 0 aliphatic rings. The summed E-state index contributed by atoms with van der Waals surface area (Å²) in [5.74, 6) is -0.349. The van der Waals surface area contributed by atoms with Gasteiger partial charge < -0.3 is 4.74 Å². The predicted octanol–water partition coefficient (Wildman–Crippen LogP) is 2.88. The van der Waals surface area contributed by atoms with Crippen LogP contribution in [0, 0.1) is 10.1 Å². The van der Waals surface area contributed by atoms with E-state index >= 15 is 0 Å². The number of rotatable bonds is 3. The zero-order chi connectivity index (χ0) is 12.3. The van der Waals surface area contributed by atoms with Crippen molar-refractivity contribution < 1.29 is 14.5 Å². The van der Waals surface area contributed by atoms with Crippen LogP contribution in [0.25, 0.3) is 0 Å². The molecule has 0 aliphatic heterocycles. The fourth-order valence-corrected chi connectivity index (χ4v) is 1.81. The number of carbonyl (C=O) groups is 1. The van der Waals surface area contributed by atoms with Crippen LogP contribution >= 0.6 is 11.3 Å². The number of nitrogens with zero attached hydrogens (tertiary/aromatic N) is 1. The number of non-ortho nitro benzene ring substituents is 1. The Labute approximate surface area is 100 Å². The number of nitro groups is 1. The summed E-state index contributed by atoms with van der Waals surface area (Å²) in [6.45, 7) is 0. The van der Waals surface area contributed by atoms with Gasteiger partial charge in [0, 0.05) is 6.07 Å². The minimum absolute atomic E-state index is 0.110. The maximum atomic E-state index is 11.6. The molecule has 6 heteroatoms. The molecule has 5 nitrogen and oxygen atoms in total. The second-order valence-corrected chi connectivity index (χ2v) is 4.07. The van der Waals surface area contributed by atoms with E-state index in [0.29, 0.717) is 4.88 Å². The largest absolute Gasteiger partial charge is 0.422 e. The Balaban J connectivity index is 2.16. The Morgan fingerprint density at radius 2 is 2.12 bits per heavy atom. The van der Waals surface area contributed by atoms with Crippen molar-refractivity contribution in [2.45, 2.75) is 0 Å². The summed E-state index contributed by atoms with van der Waals surface area (Å²) in [6, 6.07) is 8.88. The molecule has 0 amide bonds. The number of carbonyl (C=O) groups excluding carboxylic acids is 1. The van der Waals surface area contributed by atoms with E-state index in [2.05, 4.69) is 0 Å². The van der Waals surface area contributed by atoms with Gasteiger partial charge in [0.05, 0.1) is 11.0 Å². The first kappa shape index (κ1) is 11.3. The number of thiophene rings is 1. The highest BCUT2D eigenvalue weighted by Gasteiger charge is 2.12. The first-order valence-corrected chi connectivity index (χ1v) is 5.55. The van der Waals surface area contributed by atoms with Crippen molar-refractivity contribution in [2.75, 3.05) is 0 Å². The lowest BCUT2D eigenvalue weighted by Crippen LogP contribution is -2.06. The molecule has 0 bridgehead atoms. The van der Waals surface area contributed by atoms with Crippen molar-refractivity contribution >= 4 is 23.0 Å². The molecular formula is C11H7NO4S. The Kier molecular flexibility index (Phi) is 3.15. The number of esters is 1. The van der Waals surface area contributed by atoms with E-state index in [9.17, 15) is 14.9 Å². The van der Waals surface area contributed by atoms with Gasteiger partial charge in [0.1, 0.15) is 10.6 Å². The van der Waals surface area contributed by atoms with E-state index in [1.54, 1.807) is 17.5 Å². The summed E-state index contributed by atoms with van der Waals surface area (Å²) in [6.07, 6.45) is 0. The fourth-order valence-electron chi connectivity index (χ4n) is 1.21. The van der Waals surface area contributed by atoms with Gasteiger partial charge in [-0.2, -0.15) is 0 Å². The van der Waals surface area contributed by atoms with E-state index in [1.807, 2.05) is 0 Å². The van der Waals surface area contributed by atoms with Gasteiger partial charge in [0.2, 0.25) is 0 Å². The summed E-state index contributed by atoms with van der Waals surface area (Å²) >= 11 is 1.25. The van der Waals surface area contributed by atoms with Crippen molar-refractivity contribution in [1.29, 1.82) is 0 Å². The number of hydrogen-bond donors (Lipinski definition) is 0. The predicted molar refractivity (Wildman–Crippen MR) is 62.4 cm³/mol. The zero-order valence-corrected chi connectivity index (χ0v) is 9.35. The summed E-state index contributed by atoms with van der Waals surface area (Å²) < 4.78 is 5.02. The Morgan fingerprint density at radius 1 is 1.29 bits per heavy atom. The van der Waals surface area contributed by atoms with Crippen LogP contribution in [-0.4, -0.2) is 10.9 Å². The van der Waals surface area contributed by atoms with Crippen LogP contribution in [0.5, 0.6) is 5.75 Å². The quantitative estimate of drug-likeness (QED) is 0.363. The van der Waals surface area contributed by atoms with E-state index < -0.39 is 10.9 Å². The highest BCUT2D eigenvalue weighted by molar-refractivity contribution is 7.12. The van der Waals surface area contributed by atoms with Gasteiger partial charge in [0.25, 0.3) is 5.69 Å². The van der Waals surface area contributed by atoms with Crippen molar-refractivity contribution in [3.63, 3.8) is 0 Å². The van der Waals surface area contributed by atoms with Gasteiger partial charge in [-0.25, -0.2) is 4.79 Å². The molecule has 0 atom stereocenters. The highest BCUT2D eigenvalue weighted by Crippen LogP contribution is 2.21. The molecule has 0 fully saturated rings. The van der Waals surface area contributed by atoms with Crippen LogP contribution in [0.4, 0.5) is 5.69 Å². The number of nitro benzene ring substituents is 1. The third-order valence-electron chi connectivity index (χ3n) is 1.96.